The largest absolute Gasteiger partial charge is 0.359 e. The number of rotatable bonds is 4. The lowest BCUT2D eigenvalue weighted by Crippen LogP contribution is -2.21. The first-order chi connectivity index (χ1) is 9.19. The molecule has 0 saturated carbocycles. The van der Waals surface area contributed by atoms with Crippen molar-refractivity contribution in [2.75, 3.05) is 18.5 Å². The number of hydrogen-bond donors (Lipinski definition) is 0. The van der Waals surface area contributed by atoms with Gasteiger partial charge in [0.2, 0.25) is 0 Å². The molecule has 19 heavy (non-hydrogen) atoms. The SMILES string of the molecule is CN(CCc1ccccn1)c1cc(C#N)cc(Cl)n1. The Morgan fingerprint density at radius 1 is 1.37 bits per heavy atom. The van der Waals surface area contributed by atoms with E-state index in [0.717, 1.165) is 18.7 Å². The van der Waals surface area contributed by atoms with E-state index < -0.39 is 0 Å². The first-order valence-corrected chi connectivity index (χ1v) is 6.25. The number of pyridine rings is 2. The van der Waals surface area contributed by atoms with Gasteiger partial charge in [-0.05, 0) is 24.3 Å². The summed E-state index contributed by atoms with van der Waals surface area (Å²) in [6.07, 6.45) is 2.59. The van der Waals surface area contributed by atoms with E-state index in [1.54, 1.807) is 18.3 Å². The fourth-order valence-electron chi connectivity index (χ4n) is 1.69. The van der Waals surface area contributed by atoms with Crippen LogP contribution in [0.5, 0.6) is 0 Å². The Kier molecular flexibility index (Phi) is 4.32. The second-order valence-electron chi connectivity index (χ2n) is 4.14. The molecule has 0 atom stereocenters. The predicted molar refractivity (Wildman–Crippen MR) is 75.2 cm³/mol. The van der Waals surface area contributed by atoms with Crippen molar-refractivity contribution >= 4 is 17.4 Å². The van der Waals surface area contributed by atoms with Gasteiger partial charge in [0.05, 0.1) is 11.6 Å². The first kappa shape index (κ1) is 13.3. The van der Waals surface area contributed by atoms with Crippen LogP contribution in [0.4, 0.5) is 5.82 Å². The molecule has 0 aliphatic rings. The molecule has 0 aliphatic heterocycles. The van der Waals surface area contributed by atoms with Crippen LogP contribution in [-0.2, 0) is 6.42 Å². The lowest BCUT2D eigenvalue weighted by atomic mass is 10.2. The van der Waals surface area contributed by atoms with E-state index in [2.05, 4.69) is 16.0 Å². The second-order valence-corrected chi connectivity index (χ2v) is 4.53. The van der Waals surface area contributed by atoms with Crippen molar-refractivity contribution in [3.8, 4) is 6.07 Å². The topological polar surface area (TPSA) is 52.8 Å². The van der Waals surface area contributed by atoms with E-state index in [1.807, 2.05) is 30.1 Å². The molecular formula is C14H13ClN4. The summed E-state index contributed by atoms with van der Waals surface area (Å²) in [5.74, 6) is 0.694. The zero-order chi connectivity index (χ0) is 13.7. The minimum atomic E-state index is 0.332. The number of aromatic nitrogens is 2. The average molecular weight is 273 g/mol. The van der Waals surface area contributed by atoms with Crippen LogP contribution < -0.4 is 4.90 Å². The van der Waals surface area contributed by atoms with E-state index >= 15 is 0 Å². The van der Waals surface area contributed by atoms with Crippen molar-refractivity contribution < 1.29 is 0 Å². The highest BCUT2D eigenvalue weighted by molar-refractivity contribution is 6.29. The van der Waals surface area contributed by atoms with Gasteiger partial charge in [-0.3, -0.25) is 4.98 Å². The second kappa shape index (κ2) is 6.17. The van der Waals surface area contributed by atoms with E-state index in [4.69, 9.17) is 16.9 Å². The summed E-state index contributed by atoms with van der Waals surface area (Å²) in [5, 5.41) is 9.24. The molecule has 96 valence electrons. The fraction of sp³-hybridized carbons (Fsp3) is 0.214. The molecule has 0 spiro atoms. The van der Waals surface area contributed by atoms with E-state index in [-0.39, 0.29) is 0 Å². The highest BCUT2D eigenvalue weighted by Crippen LogP contribution is 2.17. The van der Waals surface area contributed by atoms with Crippen LogP contribution in [0.2, 0.25) is 5.15 Å². The van der Waals surface area contributed by atoms with Crippen molar-refractivity contribution in [3.63, 3.8) is 0 Å². The Balaban J connectivity index is 2.06. The third-order valence-electron chi connectivity index (χ3n) is 2.73. The highest BCUT2D eigenvalue weighted by atomic mass is 35.5. The van der Waals surface area contributed by atoms with Gasteiger partial charge in [0.25, 0.3) is 0 Å². The van der Waals surface area contributed by atoms with E-state index in [9.17, 15) is 0 Å². The molecule has 2 aromatic heterocycles. The molecule has 0 radical (unpaired) electrons. The number of halogens is 1. The molecule has 0 unspecified atom stereocenters. The molecule has 0 saturated heterocycles. The molecule has 0 fully saturated rings. The number of nitriles is 1. The zero-order valence-corrected chi connectivity index (χ0v) is 11.3. The molecular weight excluding hydrogens is 260 g/mol. The van der Waals surface area contributed by atoms with Crippen LogP contribution in [0.15, 0.2) is 36.5 Å². The quantitative estimate of drug-likeness (QED) is 0.803. The highest BCUT2D eigenvalue weighted by Gasteiger charge is 2.06. The number of nitrogens with zero attached hydrogens (tertiary/aromatic N) is 4. The first-order valence-electron chi connectivity index (χ1n) is 5.88. The van der Waals surface area contributed by atoms with Crippen molar-refractivity contribution in [1.29, 1.82) is 5.26 Å². The van der Waals surface area contributed by atoms with Gasteiger partial charge >= 0.3 is 0 Å². The van der Waals surface area contributed by atoms with Crippen LogP contribution in [-0.4, -0.2) is 23.6 Å². The lowest BCUT2D eigenvalue weighted by Gasteiger charge is -2.18. The molecule has 2 aromatic rings. The predicted octanol–water partition coefficient (Wildman–Crippen LogP) is 2.68. The number of anilines is 1. The Bertz CT molecular complexity index is 592. The monoisotopic (exact) mass is 272 g/mol. The molecule has 5 heteroatoms. The zero-order valence-electron chi connectivity index (χ0n) is 10.5. The minimum absolute atomic E-state index is 0.332. The Morgan fingerprint density at radius 3 is 2.89 bits per heavy atom. The fourth-order valence-corrected chi connectivity index (χ4v) is 1.89. The third kappa shape index (κ3) is 3.67. The third-order valence-corrected chi connectivity index (χ3v) is 2.92. The molecule has 0 amide bonds. The lowest BCUT2D eigenvalue weighted by molar-refractivity contribution is 0.839. The molecule has 2 heterocycles. The summed E-state index contributed by atoms with van der Waals surface area (Å²) < 4.78 is 0. The summed E-state index contributed by atoms with van der Waals surface area (Å²) in [7, 11) is 1.92. The van der Waals surface area contributed by atoms with Gasteiger partial charge < -0.3 is 4.90 Å². The van der Waals surface area contributed by atoms with E-state index in [0.29, 0.717) is 16.5 Å². The minimum Gasteiger partial charge on any atom is -0.359 e. The summed E-state index contributed by atoms with van der Waals surface area (Å²) in [6.45, 7) is 0.759. The van der Waals surface area contributed by atoms with Gasteiger partial charge in [0, 0.05) is 31.9 Å². The molecule has 0 aliphatic carbocycles. The number of likely N-dealkylation sites (N-methyl/N-ethyl adjacent to an activating group) is 1. The van der Waals surface area contributed by atoms with Crippen molar-refractivity contribution in [2.24, 2.45) is 0 Å². The number of hydrogen-bond acceptors (Lipinski definition) is 4. The Hall–Kier alpha value is -2.12. The van der Waals surface area contributed by atoms with Gasteiger partial charge in [-0.1, -0.05) is 17.7 Å². The molecule has 0 aromatic carbocycles. The molecule has 0 N–H and O–H groups in total. The molecule has 0 bridgehead atoms. The smallest absolute Gasteiger partial charge is 0.132 e. The van der Waals surface area contributed by atoms with Crippen molar-refractivity contribution in [3.05, 3.63) is 52.9 Å². The molecule has 4 nitrogen and oxygen atoms in total. The Labute approximate surface area is 117 Å². The maximum atomic E-state index is 8.91. The van der Waals surface area contributed by atoms with Gasteiger partial charge in [0.15, 0.2) is 0 Å². The summed E-state index contributed by atoms with van der Waals surface area (Å²) in [5.41, 5.74) is 1.54. The van der Waals surface area contributed by atoms with Crippen LogP contribution in [0.3, 0.4) is 0 Å². The summed E-state index contributed by atoms with van der Waals surface area (Å²) in [6, 6.07) is 11.2. The van der Waals surface area contributed by atoms with Crippen LogP contribution in [0, 0.1) is 11.3 Å². The Morgan fingerprint density at radius 2 is 2.21 bits per heavy atom. The molecule has 2 rings (SSSR count). The van der Waals surface area contributed by atoms with Crippen LogP contribution in [0.1, 0.15) is 11.3 Å². The van der Waals surface area contributed by atoms with Gasteiger partial charge in [-0.15, -0.1) is 0 Å². The summed E-state index contributed by atoms with van der Waals surface area (Å²) >= 11 is 5.89. The maximum Gasteiger partial charge on any atom is 0.132 e. The normalized spacial score (nSPS) is 9.95. The van der Waals surface area contributed by atoms with Crippen LogP contribution >= 0.6 is 11.6 Å². The van der Waals surface area contributed by atoms with Crippen LogP contribution in [0.25, 0.3) is 0 Å². The van der Waals surface area contributed by atoms with Crippen molar-refractivity contribution in [2.45, 2.75) is 6.42 Å². The van der Waals surface area contributed by atoms with Gasteiger partial charge in [0.1, 0.15) is 11.0 Å². The standard InChI is InChI=1S/C14H13ClN4/c1-19(7-5-12-4-2-3-6-17-12)14-9-11(10-16)8-13(15)18-14/h2-4,6,8-9H,5,7H2,1H3. The van der Waals surface area contributed by atoms with E-state index in [1.165, 1.54) is 0 Å². The van der Waals surface area contributed by atoms with Gasteiger partial charge in [-0.25, -0.2) is 4.98 Å². The van der Waals surface area contributed by atoms with Gasteiger partial charge in [-0.2, -0.15) is 5.26 Å². The van der Waals surface area contributed by atoms with Crippen molar-refractivity contribution in [1.82, 2.24) is 9.97 Å². The summed E-state index contributed by atoms with van der Waals surface area (Å²) in [4.78, 5) is 10.4. The average Bonchev–Trinajstić information content (AvgIpc) is 2.45. The maximum absolute atomic E-state index is 8.91.